The Kier molecular flexibility index (Phi) is 7.70. The summed E-state index contributed by atoms with van der Waals surface area (Å²) < 4.78 is 27.8. The molecule has 0 heterocycles. The Hall–Kier alpha value is -0.420. The van der Waals surface area contributed by atoms with E-state index in [1.54, 1.807) is 7.05 Å². The van der Waals surface area contributed by atoms with Gasteiger partial charge in [0.25, 0.3) is 6.43 Å². The van der Waals surface area contributed by atoms with Crippen LogP contribution in [0, 0.1) is 0 Å². The third-order valence-corrected chi connectivity index (χ3v) is 1.72. The zero-order valence-corrected chi connectivity index (χ0v) is 8.77. The Morgan fingerprint density at radius 2 is 2.21 bits per heavy atom. The molecule has 0 atom stereocenters. The fourth-order valence-electron chi connectivity index (χ4n) is 0.774. The molecule has 0 aromatic carbocycles. The van der Waals surface area contributed by atoms with E-state index in [1.807, 2.05) is 0 Å². The normalized spacial score (nSPS) is 10.6. The zero-order chi connectivity index (χ0) is 11.0. The van der Waals surface area contributed by atoms with Gasteiger partial charge in [0.1, 0.15) is 6.61 Å². The van der Waals surface area contributed by atoms with Crippen LogP contribution in [0.2, 0.25) is 0 Å². The SMILES string of the molecule is CN(CCCl)C(=O)CCOCC(F)F. The van der Waals surface area contributed by atoms with E-state index in [2.05, 4.69) is 4.74 Å². The van der Waals surface area contributed by atoms with E-state index in [-0.39, 0.29) is 18.9 Å². The minimum atomic E-state index is -2.48. The molecule has 6 heteroatoms. The largest absolute Gasteiger partial charge is 0.375 e. The Labute approximate surface area is 87.0 Å². The van der Waals surface area contributed by atoms with Crippen molar-refractivity contribution in [2.45, 2.75) is 12.8 Å². The zero-order valence-electron chi connectivity index (χ0n) is 8.01. The maximum absolute atomic E-state index is 11.6. The van der Waals surface area contributed by atoms with Crippen molar-refractivity contribution in [1.82, 2.24) is 4.90 Å². The fraction of sp³-hybridized carbons (Fsp3) is 0.875. The van der Waals surface area contributed by atoms with Crippen LogP contribution in [0.5, 0.6) is 0 Å². The summed E-state index contributed by atoms with van der Waals surface area (Å²) in [6.07, 6.45) is -2.37. The van der Waals surface area contributed by atoms with E-state index in [9.17, 15) is 13.6 Å². The molecule has 0 aromatic heterocycles. The lowest BCUT2D eigenvalue weighted by atomic mass is 10.4. The molecule has 3 nitrogen and oxygen atoms in total. The first-order valence-electron chi connectivity index (χ1n) is 4.23. The molecule has 0 N–H and O–H groups in total. The van der Waals surface area contributed by atoms with E-state index >= 15 is 0 Å². The number of halogens is 3. The summed E-state index contributed by atoms with van der Waals surface area (Å²) in [5.74, 6) is 0.208. The Balaban J connectivity index is 3.44. The average Bonchev–Trinajstić information content (AvgIpc) is 2.12. The molecule has 0 aromatic rings. The van der Waals surface area contributed by atoms with Crippen molar-refractivity contribution in [3.8, 4) is 0 Å². The van der Waals surface area contributed by atoms with Gasteiger partial charge in [-0.25, -0.2) is 8.78 Å². The lowest BCUT2D eigenvalue weighted by Crippen LogP contribution is -2.29. The van der Waals surface area contributed by atoms with Crippen molar-refractivity contribution in [2.75, 3.05) is 32.7 Å². The number of ether oxygens (including phenoxy) is 1. The molecule has 0 fully saturated rings. The lowest BCUT2D eigenvalue weighted by Gasteiger charge is -2.15. The predicted molar refractivity (Wildman–Crippen MR) is 49.8 cm³/mol. The molecule has 1 amide bonds. The number of rotatable bonds is 7. The second-order valence-electron chi connectivity index (χ2n) is 2.72. The van der Waals surface area contributed by atoms with Gasteiger partial charge in [0.05, 0.1) is 13.0 Å². The van der Waals surface area contributed by atoms with Gasteiger partial charge in [-0.15, -0.1) is 11.6 Å². The highest BCUT2D eigenvalue weighted by molar-refractivity contribution is 6.18. The molecular weight excluding hydrogens is 216 g/mol. The van der Waals surface area contributed by atoms with Crippen LogP contribution in [0.4, 0.5) is 8.78 Å². The topological polar surface area (TPSA) is 29.5 Å². The quantitative estimate of drug-likeness (QED) is 0.487. The molecule has 84 valence electrons. The van der Waals surface area contributed by atoms with Crippen molar-refractivity contribution in [3.05, 3.63) is 0 Å². The molecule has 0 saturated heterocycles. The number of alkyl halides is 3. The van der Waals surface area contributed by atoms with Crippen molar-refractivity contribution in [2.24, 2.45) is 0 Å². The van der Waals surface area contributed by atoms with Gasteiger partial charge in [-0.2, -0.15) is 0 Å². The Bertz CT molecular complexity index is 169. The van der Waals surface area contributed by atoms with Gasteiger partial charge in [-0.3, -0.25) is 4.79 Å². The first kappa shape index (κ1) is 13.6. The summed E-state index contributed by atoms with van der Waals surface area (Å²) in [4.78, 5) is 12.6. The molecule has 0 saturated carbocycles. The number of hydrogen-bond donors (Lipinski definition) is 0. The van der Waals surface area contributed by atoms with E-state index in [4.69, 9.17) is 11.6 Å². The summed E-state index contributed by atoms with van der Waals surface area (Å²) in [6, 6.07) is 0. The Morgan fingerprint density at radius 1 is 1.57 bits per heavy atom. The maximum atomic E-state index is 11.6. The van der Waals surface area contributed by atoms with Crippen LogP contribution < -0.4 is 0 Å². The van der Waals surface area contributed by atoms with Crippen LogP contribution in [0.1, 0.15) is 6.42 Å². The van der Waals surface area contributed by atoms with Crippen LogP contribution in [-0.2, 0) is 9.53 Å². The highest BCUT2D eigenvalue weighted by Crippen LogP contribution is 1.96. The molecule has 0 unspecified atom stereocenters. The number of carbonyl (C=O) groups excluding carboxylic acids is 1. The van der Waals surface area contributed by atoms with Gasteiger partial charge in [-0.05, 0) is 0 Å². The standard InChI is InChI=1S/C8H14ClF2NO2/c1-12(4-3-9)8(13)2-5-14-6-7(10)11/h7H,2-6H2,1H3. The summed E-state index contributed by atoms with van der Waals surface area (Å²) in [6.45, 7) is -0.141. The highest BCUT2D eigenvalue weighted by atomic mass is 35.5. The minimum absolute atomic E-state index is 0.0236. The van der Waals surface area contributed by atoms with Crippen LogP contribution in [-0.4, -0.2) is 49.9 Å². The van der Waals surface area contributed by atoms with Crippen LogP contribution in [0.25, 0.3) is 0 Å². The average molecular weight is 230 g/mol. The first-order chi connectivity index (χ1) is 6.57. The van der Waals surface area contributed by atoms with Gasteiger partial charge in [0, 0.05) is 19.5 Å². The number of amides is 1. The third kappa shape index (κ3) is 7.03. The number of carbonyl (C=O) groups is 1. The smallest absolute Gasteiger partial charge is 0.261 e. The van der Waals surface area contributed by atoms with Crippen molar-refractivity contribution in [3.63, 3.8) is 0 Å². The summed E-state index contributed by atoms with van der Waals surface area (Å²) >= 11 is 5.42. The minimum Gasteiger partial charge on any atom is -0.375 e. The molecule has 0 aliphatic heterocycles. The van der Waals surface area contributed by atoms with E-state index in [0.29, 0.717) is 12.4 Å². The van der Waals surface area contributed by atoms with Gasteiger partial charge in [0.2, 0.25) is 5.91 Å². The van der Waals surface area contributed by atoms with Gasteiger partial charge >= 0.3 is 0 Å². The monoisotopic (exact) mass is 229 g/mol. The van der Waals surface area contributed by atoms with E-state index in [0.717, 1.165) is 0 Å². The molecule has 0 radical (unpaired) electrons. The summed E-state index contributed by atoms with van der Waals surface area (Å²) in [5, 5.41) is 0. The predicted octanol–water partition coefficient (Wildman–Crippen LogP) is 1.36. The highest BCUT2D eigenvalue weighted by Gasteiger charge is 2.08. The lowest BCUT2D eigenvalue weighted by molar-refractivity contribution is -0.131. The van der Waals surface area contributed by atoms with Crippen molar-refractivity contribution < 1.29 is 18.3 Å². The van der Waals surface area contributed by atoms with Crippen LogP contribution in [0.3, 0.4) is 0 Å². The van der Waals surface area contributed by atoms with E-state index in [1.165, 1.54) is 4.90 Å². The molecule has 0 bridgehead atoms. The second kappa shape index (κ2) is 7.94. The van der Waals surface area contributed by atoms with Crippen molar-refractivity contribution in [1.29, 1.82) is 0 Å². The number of nitrogens with zero attached hydrogens (tertiary/aromatic N) is 1. The molecule has 0 aliphatic rings. The molecule has 0 spiro atoms. The molecule has 14 heavy (non-hydrogen) atoms. The van der Waals surface area contributed by atoms with Crippen LogP contribution in [0.15, 0.2) is 0 Å². The molecular formula is C8H14ClF2NO2. The summed E-state index contributed by atoms with van der Waals surface area (Å²) in [7, 11) is 1.61. The van der Waals surface area contributed by atoms with Gasteiger partial charge < -0.3 is 9.64 Å². The Morgan fingerprint density at radius 3 is 2.71 bits per heavy atom. The maximum Gasteiger partial charge on any atom is 0.261 e. The third-order valence-electron chi connectivity index (χ3n) is 1.55. The van der Waals surface area contributed by atoms with Gasteiger partial charge in [0.15, 0.2) is 0 Å². The number of hydrogen-bond acceptors (Lipinski definition) is 2. The van der Waals surface area contributed by atoms with Crippen LogP contribution >= 0.6 is 11.6 Å². The van der Waals surface area contributed by atoms with Gasteiger partial charge in [-0.1, -0.05) is 0 Å². The fourth-order valence-corrected chi connectivity index (χ4v) is 1.03. The first-order valence-corrected chi connectivity index (χ1v) is 4.77. The van der Waals surface area contributed by atoms with Crippen molar-refractivity contribution >= 4 is 17.5 Å². The molecule has 0 aliphatic carbocycles. The summed E-state index contributed by atoms with van der Waals surface area (Å²) in [5.41, 5.74) is 0. The second-order valence-corrected chi connectivity index (χ2v) is 3.10. The molecule has 0 rings (SSSR count). The van der Waals surface area contributed by atoms with E-state index < -0.39 is 13.0 Å².